The van der Waals surface area contributed by atoms with E-state index in [9.17, 15) is 38.9 Å². The van der Waals surface area contributed by atoms with Crippen LogP contribution in [0, 0.1) is 0 Å². The Morgan fingerprint density at radius 2 is 0.889 bits per heavy atom. The summed E-state index contributed by atoms with van der Waals surface area (Å²) < 4.78 is 107. The van der Waals surface area contributed by atoms with Crippen LogP contribution in [-0.2, 0) is 30.4 Å². The molecule has 4 aliphatic heterocycles. The molecule has 4 aromatic carbocycles. The maximum absolute atomic E-state index is 12.4. The lowest BCUT2D eigenvalue weighted by Crippen LogP contribution is -2.43. The summed E-state index contributed by atoms with van der Waals surface area (Å²) in [5.41, 5.74) is 1.68. The number of nitrogens with zero attached hydrogens (tertiary/aromatic N) is 8. The van der Waals surface area contributed by atoms with Crippen molar-refractivity contribution in [3.05, 3.63) is 112 Å². The number of aliphatic imine (C=N–C) groups is 4. The van der Waals surface area contributed by atoms with Gasteiger partial charge in [0.1, 0.15) is 22.6 Å². The van der Waals surface area contributed by atoms with Crippen molar-refractivity contribution in [1.82, 2.24) is 7.10 Å². The van der Waals surface area contributed by atoms with Gasteiger partial charge in [0.15, 0.2) is 23.3 Å². The van der Waals surface area contributed by atoms with Gasteiger partial charge in [-0.25, -0.2) is 30.0 Å². The first-order chi connectivity index (χ1) is 25.6. The third-order valence-corrected chi connectivity index (χ3v) is 14.9. The van der Waals surface area contributed by atoms with Gasteiger partial charge in [-0.1, -0.05) is 24.3 Å². The summed E-state index contributed by atoms with van der Waals surface area (Å²) in [5, 5.41) is 1.60. The van der Waals surface area contributed by atoms with Crippen molar-refractivity contribution in [2.75, 3.05) is 0 Å². The number of hydrogen-bond acceptors (Lipinski definition) is 12. The molecule has 266 valence electrons. The molecule has 4 aliphatic rings. The zero-order valence-electron chi connectivity index (χ0n) is 26.6. The molecule has 17 nitrogen and oxygen atoms in total. The highest BCUT2D eigenvalue weighted by molar-refractivity contribution is 7.86. The van der Waals surface area contributed by atoms with Crippen LogP contribution in [0.5, 0.6) is 0 Å². The van der Waals surface area contributed by atoms with Crippen molar-refractivity contribution in [3.63, 3.8) is 0 Å². The van der Waals surface area contributed by atoms with Crippen molar-refractivity contribution in [3.8, 4) is 0 Å². The topological polar surface area (TPSA) is 247 Å². The van der Waals surface area contributed by atoms with Crippen molar-refractivity contribution in [1.29, 1.82) is 0 Å². The molecule has 0 saturated carbocycles. The number of fused-ring (bicyclic) bond motifs is 14. The lowest BCUT2D eigenvalue weighted by Gasteiger charge is -2.15. The van der Waals surface area contributed by atoms with Crippen molar-refractivity contribution in [2.45, 2.75) is 14.7 Å². The molecule has 22 heteroatoms. The van der Waals surface area contributed by atoms with Gasteiger partial charge in [0.2, 0.25) is 0 Å². The maximum Gasteiger partial charge on any atom is 0.722 e. The van der Waals surface area contributed by atoms with E-state index < -0.39 is 58.7 Å². The van der Waals surface area contributed by atoms with E-state index in [1.54, 1.807) is 31.4 Å². The second-order valence-electron chi connectivity index (χ2n) is 12.4. The van der Waals surface area contributed by atoms with Gasteiger partial charge in [0.05, 0.1) is 14.7 Å². The summed E-state index contributed by atoms with van der Waals surface area (Å²) in [7, 11) is -6.39. The summed E-state index contributed by atoms with van der Waals surface area (Å²) >= 11 is -3.33. The van der Waals surface area contributed by atoms with Gasteiger partial charge in [0.25, 0.3) is 30.4 Å². The van der Waals surface area contributed by atoms with Crippen LogP contribution in [0.3, 0.4) is 0 Å². The molecule has 0 atom stereocenters. The minimum Gasteiger partial charge on any atom is -0.370 e. The second kappa shape index (κ2) is 10.9. The van der Waals surface area contributed by atoms with Crippen LogP contribution in [0.25, 0.3) is 21.5 Å². The van der Waals surface area contributed by atoms with Crippen LogP contribution in [0.4, 0.5) is 11.6 Å². The predicted molar refractivity (Wildman–Crippen MR) is 196 cm³/mol. The number of benzene rings is 4. The number of halogens is 1. The van der Waals surface area contributed by atoms with Gasteiger partial charge in [0, 0.05) is 43.8 Å². The molecule has 6 bridgehead atoms. The predicted octanol–water partition coefficient (Wildman–Crippen LogP) is 2.90. The van der Waals surface area contributed by atoms with E-state index in [0.29, 0.717) is 27.3 Å². The molecule has 6 heterocycles. The van der Waals surface area contributed by atoms with Gasteiger partial charge in [-0.05, 0) is 54.6 Å². The molecule has 0 saturated heterocycles. The quantitative estimate of drug-likeness (QED) is 0.175. The molecule has 6 aromatic rings. The van der Waals surface area contributed by atoms with Gasteiger partial charge in [-0.15, -0.1) is 0 Å². The smallest absolute Gasteiger partial charge is 0.370 e. The van der Waals surface area contributed by atoms with Crippen LogP contribution in [0.1, 0.15) is 22.3 Å². The van der Waals surface area contributed by atoms with E-state index in [4.69, 9.17) is 40.0 Å². The Morgan fingerprint density at radius 1 is 0.463 bits per heavy atom. The summed E-state index contributed by atoms with van der Waals surface area (Å²) in [6.07, 6.45) is 0. The van der Waals surface area contributed by atoms with Crippen LogP contribution in [0.2, 0.25) is 0 Å². The monoisotopic (exact) mass is 814 g/mol. The molecular weight excluding hydrogens is 799 g/mol. The third-order valence-electron chi connectivity index (χ3n) is 9.33. The molecular formula is C32H16AlClN8O9S3. The fourth-order valence-corrected chi connectivity index (χ4v) is 11.4. The summed E-state index contributed by atoms with van der Waals surface area (Å²) in [6.45, 7) is 0. The Bertz CT molecular complexity index is 3450. The fourth-order valence-electron chi connectivity index (χ4n) is 6.94. The highest BCUT2D eigenvalue weighted by atomic mass is 35.6. The van der Waals surface area contributed by atoms with Crippen molar-refractivity contribution < 1.29 is 38.9 Å². The molecule has 54 heavy (non-hydrogen) atoms. The zero-order valence-corrected chi connectivity index (χ0v) is 30.9. The maximum atomic E-state index is 12.4. The summed E-state index contributed by atoms with van der Waals surface area (Å²) in [4.78, 5) is 27.8. The van der Waals surface area contributed by atoms with Crippen LogP contribution in [0.15, 0.2) is 124 Å². The first kappa shape index (κ1) is 33.4. The Kier molecular flexibility index (Phi) is 6.76. The Labute approximate surface area is 311 Å². The Morgan fingerprint density at radius 3 is 1.41 bits per heavy atom. The van der Waals surface area contributed by atoms with E-state index in [2.05, 4.69) is 0 Å². The Balaban J connectivity index is 1.45. The van der Waals surface area contributed by atoms with E-state index in [1.807, 2.05) is 0 Å². The molecule has 10 rings (SSSR count). The molecule has 2 aromatic heterocycles. The average molecular weight is 815 g/mol. The largest absolute Gasteiger partial charge is 0.722 e. The first-order valence-electron chi connectivity index (χ1n) is 15.5. The van der Waals surface area contributed by atoms with Crippen LogP contribution < -0.4 is 11.0 Å². The van der Waals surface area contributed by atoms with Crippen LogP contribution in [-0.4, -0.2) is 83.0 Å². The van der Waals surface area contributed by atoms with Crippen molar-refractivity contribution >= 4 is 111 Å². The molecule has 0 unspecified atom stereocenters. The van der Waals surface area contributed by atoms with E-state index in [-0.39, 0.29) is 62.5 Å². The molecule has 0 aliphatic carbocycles. The van der Waals surface area contributed by atoms with Gasteiger partial charge < -0.3 is 7.10 Å². The summed E-state index contributed by atoms with van der Waals surface area (Å²) in [6, 6.07) is 18.6. The number of aromatic nitrogens is 2. The molecule has 0 spiro atoms. The fraction of sp³-hybridized carbons (Fsp3) is 0. The van der Waals surface area contributed by atoms with E-state index in [0.717, 1.165) is 0 Å². The second-order valence-corrected chi connectivity index (χ2v) is 19.5. The SMILES string of the molecule is O=S(=O)(O)c1ccc2c(c1)C1=NC2=Nc2c3cc(S(=O)(=O)O)ccc3c3[n]2[Al]([Cl])[n]2c(c4ccccc4c2=N1)=NC1=NC(=N3)c2cc(S(=O)(=O)O)ccc21. The van der Waals surface area contributed by atoms with Gasteiger partial charge in [-0.2, -0.15) is 35.3 Å². The van der Waals surface area contributed by atoms with Crippen molar-refractivity contribution in [2.24, 2.45) is 30.0 Å². The van der Waals surface area contributed by atoms with Crippen LogP contribution >= 0.6 is 10.0 Å². The first-order valence-corrected chi connectivity index (χ1v) is 22.6. The lowest BCUT2D eigenvalue weighted by atomic mass is 10.1. The number of rotatable bonds is 3. The highest BCUT2D eigenvalue weighted by Crippen LogP contribution is 2.42. The van der Waals surface area contributed by atoms with Gasteiger partial charge in [-0.3, -0.25) is 13.7 Å². The van der Waals surface area contributed by atoms with E-state index >= 15 is 0 Å². The average Bonchev–Trinajstić information content (AvgIpc) is 3.82. The molecule has 0 amide bonds. The molecule has 3 N–H and O–H groups in total. The lowest BCUT2D eigenvalue weighted by molar-refractivity contribution is 0.481. The minimum absolute atomic E-state index is 0.00333. The number of hydrogen-bond donors (Lipinski definition) is 3. The van der Waals surface area contributed by atoms with E-state index in [1.165, 1.54) is 54.6 Å². The minimum atomic E-state index is -4.74. The zero-order chi connectivity index (χ0) is 37.6. The molecule has 0 radical (unpaired) electrons. The number of amidine groups is 4. The highest BCUT2D eigenvalue weighted by Gasteiger charge is 2.39. The Hall–Kier alpha value is -5.21. The molecule has 0 fully saturated rings. The summed E-state index contributed by atoms with van der Waals surface area (Å²) in [5.74, 6) is 0.370. The standard InChI is InChI=1S/C32H16N8O9S3.Al.ClH/c41-50(42,43)14-5-8-19-22(11-14)31-36-27(19)34-25-17-3-1-2-4-18(17)26(33-25)35-30-23-12-15(51(44,45)46)6-9-20(23)28(37-30)39-32-24-13-16(52(47,48)49)7-10-21(24)29(38-31)40-32;;/h1-13H,(H3-2,33,34,35,36,37,38,39,40,41,42,43,44,45,46,47,48,49);;1H/q-2;+3;/p-1. The normalized spacial score (nSPS) is 15.8. The third kappa shape index (κ3) is 4.81. The van der Waals surface area contributed by atoms with Gasteiger partial charge >= 0.3 is 13.7 Å².